The van der Waals surface area contributed by atoms with Crippen molar-refractivity contribution in [1.29, 1.82) is 0 Å². The zero-order valence-electron chi connectivity index (χ0n) is 13.5. The molecule has 0 aliphatic heterocycles. The highest BCUT2D eigenvalue weighted by Gasteiger charge is 2.33. The molecule has 3 heteroatoms. The van der Waals surface area contributed by atoms with Crippen LogP contribution in [0.25, 0.3) is 0 Å². The quantitative estimate of drug-likeness (QED) is 0.731. The van der Waals surface area contributed by atoms with Crippen LogP contribution in [-0.2, 0) is 6.54 Å². The van der Waals surface area contributed by atoms with E-state index in [4.69, 9.17) is 4.74 Å². The molecule has 1 aliphatic rings. The molecule has 0 saturated heterocycles. The van der Waals surface area contributed by atoms with Crippen molar-refractivity contribution in [3.63, 3.8) is 0 Å². The Labute approximate surface area is 137 Å². The Morgan fingerprint density at radius 3 is 2.62 bits per heavy atom. The smallest absolute Gasteiger partial charge is 0.119 e. The molecule has 1 fully saturated rings. The number of ether oxygens (including phenoxy) is 1. The Balaban J connectivity index is 1.93. The highest BCUT2D eigenvalue weighted by molar-refractivity contribution is 9.10. The number of rotatable bonds is 7. The Hall–Kier alpha value is -0.540. The average molecular weight is 354 g/mol. The van der Waals surface area contributed by atoms with Crippen molar-refractivity contribution in [2.24, 2.45) is 11.3 Å². The lowest BCUT2D eigenvalue weighted by molar-refractivity contribution is 0.223. The summed E-state index contributed by atoms with van der Waals surface area (Å²) < 4.78 is 6.47. The second-order valence-electron chi connectivity index (χ2n) is 6.87. The van der Waals surface area contributed by atoms with E-state index in [0.717, 1.165) is 29.2 Å². The summed E-state index contributed by atoms with van der Waals surface area (Å²) in [6.45, 7) is 6.73. The third-order valence-electron chi connectivity index (χ3n) is 4.57. The maximum absolute atomic E-state index is 5.31. The molecule has 1 aromatic rings. The second kappa shape index (κ2) is 7.64. The molecule has 2 rings (SSSR count). The lowest BCUT2D eigenvalue weighted by Crippen LogP contribution is -2.33. The molecule has 21 heavy (non-hydrogen) atoms. The molecule has 0 spiro atoms. The van der Waals surface area contributed by atoms with Crippen molar-refractivity contribution in [2.45, 2.75) is 52.5 Å². The molecule has 118 valence electrons. The molecular formula is C18H28BrNO. The molecule has 1 saturated carbocycles. The maximum atomic E-state index is 5.31. The van der Waals surface area contributed by atoms with E-state index in [1.165, 1.54) is 37.7 Å². The molecule has 0 aromatic heterocycles. The molecule has 2 nitrogen and oxygen atoms in total. The first-order valence-corrected chi connectivity index (χ1v) is 8.87. The summed E-state index contributed by atoms with van der Waals surface area (Å²) in [5.74, 6) is 1.71. The van der Waals surface area contributed by atoms with Gasteiger partial charge in [0.15, 0.2) is 0 Å². The number of hydrogen-bond donors (Lipinski definition) is 1. The molecular weight excluding hydrogens is 326 g/mol. The first-order chi connectivity index (χ1) is 10.0. The minimum Gasteiger partial charge on any atom is -0.497 e. The van der Waals surface area contributed by atoms with Crippen molar-refractivity contribution in [3.8, 4) is 5.75 Å². The van der Waals surface area contributed by atoms with E-state index in [9.17, 15) is 0 Å². The Morgan fingerprint density at radius 2 is 2.00 bits per heavy atom. The minimum atomic E-state index is 0.527. The topological polar surface area (TPSA) is 21.3 Å². The van der Waals surface area contributed by atoms with Crippen molar-refractivity contribution >= 4 is 15.9 Å². The Bertz CT molecular complexity index is 453. The molecule has 0 heterocycles. The van der Waals surface area contributed by atoms with Crippen LogP contribution in [0.5, 0.6) is 5.75 Å². The monoisotopic (exact) mass is 353 g/mol. The first-order valence-electron chi connectivity index (χ1n) is 8.08. The number of halogens is 1. The summed E-state index contributed by atoms with van der Waals surface area (Å²) in [5, 5.41) is 3.70. The summed E-state index contributed by atoms with van der Waals surface area (Å²) in [6, 6.07) is 6.17. The predicted molar refractivity (Wildman–Crippen MR) is 92.8 cm³/mol. The van der Waals surface area contributed by atoms with E-state index in [0.29, 0.717) is 5.41 Å². The summed E-state index contributed by atoms with van der Waals surface area (Å²) in [6.07, 6.45) is 6.92. The number of hydrogen-bond acceptors (Lipinski definition) is 2. The zero-order chi connectivity index (χ0) is 15.3. The summed E-state index contributed by atoms with van der Waals surface area (Å²) in [4.78, 5) is 0. The molecule has 0 atom stereocenters. The van der Waals surface area contributed by atoms with E-state index >= 15 is 0 Å². The molecule has 1 aromatic carbocycles. The largest absolute Gasteiger partial charge is 0.497 e. The van der Waals surface area contributed by atoms with Gasteiger partial charge in [0.1, 0.15) is 5.75 Å². The molecule has 1 N–H and O–H groups in total. The molecule has 1 aliphatic carbocycles. The fourth-order valence-electron chi connectivity index (χ4n) is 3.72. The molecule has 0 amide bonds. The van der Waals surface area contributed by atoms with Crippen LogP contribution in [0.2, 0.25) is 0 Å². The van der Waals surface area contributed by atoms with Gasteiger partial charge in [-0.1, -0.05) is 42.6 Å². The predicted octanol–water partition coefficient (Wildman–Crippen LogP) is 5.15. The number of methoxy groups -OCH3 is 1. The van der Waals surface area contributed by atoms with Gasteiger partial charge < -0.3 is 10.1 Å². The van der Waals surface area contributed by atoms with Gasteiger partial charge in [0, 0.05) is 17.6 Å². The lowest BCUT2D eigenvalue weighted by Gasteiger charge is -2.31. The minimum absolute atomic E-state index is 0.527. The maximum Gasteiger partial charge on any atom is 0.119 e. The van der Waals surface area contributed by atoms with Gasteiger partial charge in [-0.05, 0) is 54.4 Å². The summed E-state index contributed by atoms with van der Waals surface area (Å²) in [5.41, 5.74) is 1.80. The number of nitrogens with one attached hydrogen (secondary N) is 1. The van der Waals surface area contributed by atoms with Gasteiger partial charge in [0.05, 0.1) is 7.11 Å². The normalized spacial score (nSPS) is 17.4. The third-order valence-corrected chi connectivity index (χ3v) is 5.35. The van der Waals surface area contributed by atoms with Crippen LogP contribution in [0.1, 0.15) is 51.5 Å². The Kier molecular flexibility index (Phi) is 6.12. The summed E-state index contributed by atoms with van der Waals surface area (Å²) in [7, 11) is 1.72. The van der Waals surface area contributed by atoms with Gasteiger partial charge in [-0.3, -0.25) is 0 Å². The van der Waals surface area contributed by atoms with E-state index in [1.807, 2.05) is 6.07 Å². The van der Waals surface area contributed by atoms with Crippen LogP contribution in [0.3, 0.4) is 0 Å². The van der Waals surface area contributed by atoms with Gasteiger partial charge in [0.25, 0.3) is 0 Å². The molecule has 0 radical (unpaired) electrons. The van der Waals surface area contributed by atoms with E-state index in [2.05, 4.69) is 47.2 Å². The van der Waals surface area contributed by atoms with Crippen LogP contribution >= 0.6 is 15.9 Å². The van der Waals surface area contributed by atoms with Crippen LogP contribution in [0.15, 0.2) is 22.7 Å². The van der Waals surface area contributed by atoms with Crippen molar-refractivity contribution in [3.05, 3.63) is 28.2 Å². The fraction of sp³-hybridized carbons (Fsp3) is 0.667. The standard InChI is InChI=1S/C18H28BrNO/c1-14(2)11-18(8-4-5-9-18)13-20-12-15-10-16(21-3)6-7-17(15)19/h6-7,10,14,20H,4-5,8-9,11-13H2,1-3H3. The molecule has 0 unspecified atom stereocenters. The van der Waals surface area contributed by atoms with Crippen LogP contribution < -0.4 is 10.1 Å². The van der Waals surface area contributed by atoms with Crippen molar-refractivity contribution < 1.29 is 4.74 Å². The van der Waals surface area contributed by atoms with Gasteiger partial charge in [-0.15, -0.1) is 0 Å². The van der Waals surface area contributed by atoms with E-state index in [-0.39, 0.29) is 0 Å². The SMILES string of the molecule is COc1ccc(Br)c(CNCC2(CC(C)C)CCCC2)c1. The van der Waals surface area contributed by atoms with E-state index < -0.39 is 0 Å². The summed E-state index contributed by atoms with van der Waals surface area (Å²) >= 11 is 3.63. The highest BCUT2D eigenvalue weighted by Crippen LogP contribution is 2.42. The fourth-order valence-corrected chi connectivity index (χ4v) is 4.11. The molecule has 0 bridgehead atoms. The number of benzene rings is 1. The highest BCUT2D eigenvalue weighted by atomic mass is 79.9. The van der Waals surface area contributed by atoms with Crippen LogP contribution in [0.4, 0.5) is 0 Å². The van der Waals surface area contributed by atoms with E-state index in [1.54, 1.807) is 7.11 Å². The van der Waals surface area contributed by atoms with Crippen LogP contribution in [0, 0.1) is 11.3 Å². The van der Waals surface area contributed by atoms with Gasteiger partial charge in [-0.2, -0.15) is 0 Å². The van der Waals surface area contributed by atoms with Crippen molar-refractivity contribution in [1.82, 2.24) is 5.32 Å². The van der Waals surface area contributed by atoms with Crippen molar-refractivity contribution in [2.75, 3.05) is 13.7 Å². The zero-order valence-corrected chi connectivity index (χ0v) is 15.1. The van der Waals surface area contributed by atoms with Gasteiger partial charge in [-0.25, -0.2) is 0 Å². The average Bonchev–Trinajstić information content (AvgIpc) is 2.88. The lowest BCUT2D eigenvalue weighted by atomic mass is 9.78. The second-order valence-corrected chi connectivity index (χ2v) is 7.72. The van der Waals surface area contributed by atoms with Crippen LogP contribution in [-0.4, -0.2) is 13.7 Å². The van der Waals surface area contributed by atoms with Gasteiger partial charge in [0.2, 0.25) is 0 Å². The first kappa shape index (κ1) is 16.8. The third kappa shape index (κ3) is 4.72. The van der Waals surface area contributed by atoms with Gasteiger partial charge >= 0.3 is 0 Å². The Morgan fingerprint density at radius 1 is 1.29 bits per heavy atom.